The summed E-state index contributed by atoms with van der Waals surface area (Å²) < 4.78 is 10.1. The molecular weight excluding hydrogens is 336 g/mol. The Balaban J connectivity index is 1.78. The molecule has 7 heteroatoms. The van der Waals surface area contributed by atoms with Crippen molar-refractivity contribution in [2.75, 3.05) is 0 Å². The van der Waals surface area contributed by atoms with E-state index in [4.69, 9.17) is 9.15 Å². The van der Waals surface area contributed by atoms with Gasteiger partial charge in [-0.1, -0.05) is 29.8 Å². The molecule has 2 amide bonds. The number of esters is 1. The Morgan fingerprint density at radius 1 is 1.12 bits per heavy atom. The van der Waals surface area contributed by atoms with Gasteiger partial charge in [-0.25, -0.2) is 4.79 Å². The first-order valence-electron chi connectivity index (χ1n) is 8.25. The zero-order valence-corrected chi connectivity index (χ0v) is 14.9. The lowest BCUT2D eigenvalue weighted by Gasteiger charge is -2.17. The minimum atomic E-state index is -0.976. The summed E-state index contributed by atoms with van der Waals surface area (Å²) in [6.45, 7) is 5.27. The van der Waals surface area contributed by atoms with Gasteiger partial charge >= 0.3 is 5.97 Å². The van der Waals surface area contributed by atoms with Gasteiger partial charge in [-0.15, -0.1) is 0 Å². The van der Waals surface area contributed by atoms with Gasteiger partial charge in [0.1, 0.15) is 6.04 Å². The van der Waals surface area contributed by atoms with Crippen LogP contribution in [0.3, 0.4) is 0 Å². The lowest BCUT2D eigenvalue weighted by atomic mass is 10.1. The molecule has 0 spiro atoms. The van der Waals surface area contributed by atoms with E-state index in [1.165, 1.54) is 26.2 Å². The molecule has 26 heavy (non-hydrogen) atoms. The largest absolute Gasteiger partial charge is 0.459 e. The van der Waals surface area contributed by atoms with Crippen molar-refractivity contribution in [3.8, 4) is 0 Å². The molecule has 0 aliphatic carbocycles. The van der Waals surface area contributed by atoms with Crippen LogP contribution < -0.4 is 10.6 Å². The highest BCUT2D eigenvalue weighted by Gasteiger charge is 2.24. The molecule has 7 nitrogen and oxygen atoms in total. The Morgan fingerprint density at radius 3 is 2.42 bits per heavy atom. The third-order valence-corrected chi connectivity index (χ3v) is 3.70. The number of nitrogens with one attached hydrogen (secondary N) is 2. The first-order chi connectivity index (χ1) is 12.4. The lowest BCUT2D eigenvalue weighted by Crippen LogP contribution is -2.43. The fourth-order valence-corrected chi connectivity index (χ4v) is 2.10. The first kappa shape index (κ1) is 19.2. The van der Waals surface area contributed by atoms with Crippen LogP contribution in [0.5, 0.6) is 0 Å². The van der Waals surface area contributed by atoms with Crippen LogP contribution in [0.2, 0.25) is 0 Å². The van der Waals surface area contributed by atoms with Crippen molar-refractivity contribution in [1.29, 1.82) is 0 Å². The molecule has 0 aliphatic rings. The number of benzene rings is 1. The highest BCUT2D eigenvalue weighted by molar-refractivity contribution is 5.94. The van der Waals surface area contributed by atoms with Crippen molar-refractivity contribution in [3.63, 3.8) is 0 Å². The van der Waals surface area contributed by atoms with Crippen LogP contribution in [-0.4, -0.2) is 29.9 Å². The van der Waals surface area contributed by atoms with Gasteiger partial charge in [0, 0.05) is 6.54 Å². The second-order valence-electron chi connectivity index (χ2n) is 5.95. The molecule has 0 saturated heterocycles. The molecule has 0 radical (unpaired) electrons. The van der Waals surface area contributed by atoms with Gasteiger partial charge in [0.25, 0.3) is 11.8 Å². The maximum Gasteiger partial charge on any atom is 0.329 e. The van der Waals surface area contributed by atoms with Gasteiger partial charge in [0.15, 0.2) is 11.9 Å². The van der Waals surface area contributed by atoms with Gasteiger partial charge < -0.3 is 19.8 Å². The zero-order valence-electron chi connectivity index (χ0n) is 14.9. The highest BCUT2D eigenvalue weighted by Crippen LogP contribution is 2.04. The monoisotopic (exact) mass is 358 g/mol. The second-order valence-corrected chi connectivity index (χ2v) is 5.95. The Bertz CT molecular complexity index is 753. The van der Waals surface area contributed by atoms with E-state index >= 15 is 0 Å². The minimum absolute atomic E-state index is 0.0912. The number of aryl methyl sites for hydroxylation is 1. The fourth-order valence-electron chi connectivity index (χ4n) is 2.10. The number of furan rings is 1. The zero-order chi connectivity index (χ0) is 19.1. The maximum absolute atomic E-state index is 12.1. The summed E-state index contributed by atoms with van der Waals surface area (Å²) in [5.74, 6) is -1.56. The topological polar surface area (TPSA) is 97.6 Å². The number of ether oxygens (including phenoxy) is 1. The van der Waals surface area contributed by atoms with Crippen LogP contribution >= 0.6 is 0 Å². The lowest BCUT2D eigenvalue weighted by molar-refractivity contribution is -0.156. The molecule has 0 bridgehead atoms. The summed E-state index contributed by atoms with van der Waals surface area (Å²) in [7, 11) is 0. The normalized spacial score (nSPS) is 12.7. The van der Waals surface area contributed by atoms with Crippen LogP contribution in [0, 0.1) is 6.92 Å². The summed E-state index contributed by atoms with van der Waals surface area (Å²) in [5.41, 5.74) is 2.08. The Hall–Kier alpha value is -3.09. The number of carbonyl (C=O) groups excluding carboxylic acids is 3. The summed E-state index contributed by atoms with van der Waals surface area (Å²) >= 11 is 0. The quantitative estimate of drug-likeness (QED) is 0.737. The Kier molecular flexibility index (Phi) is 6.54. The third-order valence-electron chi connectivity index (χ3n) is 3.70. The van der Waals surface area contributed by atoms with Crippen molar-refractivity contribution in [3.05, 3.63) is 59.5 Å². The van der Waals surface area contributed by atoms with E-state index in [9.17, 15) is 14.4 Å². The molecule has 2 rings (SSSR count). The van der Waals surface area contributed by atoms with E-state index < -0.39 is 29.9 Å². The molecule has 1 aromatic heterocycles. The molecular formula is C19H22N2O5. The van der Waals surface area contributed by atoms with Crippen molar-refractivity contribution in [1.82, 2.24) is 10.6 Å². The van der Waals surface area contributed by atoms with Gasteiger partial charge in [0.05, 0.1) is 6.26 Å². The number of amides is 2. The standard InChI is InChI=1S/C19H22N2O5/c1-12-6-8-15(9-7-12)11-20-17(22)14(3)26-19(24)13(2)21-18(23)16-5-4-10-25-16/h4-10,13-14H,11H2,1-3H3,(H,20,22)(H,21,23)/t13-,14-/m0/s1. The van der Waals surface area contributed by atoms with Crippen molar-refractivity contribution in [2.45, 2.75) is 39.5 Å². The van der Waals surface area contributed by atoms with Crippen LogP contribution in [0.1, 0.15) is 35.5 Å². The SMILES string of the molecule is Cc1ccc(CNC(=O)[C@H](C)OC(=O)[C@H](C)NC(=O)c2ccco2)cc1. The van der Waals surface area contributed by atoms with Crippen LogP contribution in [0.4, 0.5) is 0 Å². The summed E-state index contributed by atoms with van der Waals surface area (Å²) in [5, 5.41) is 5.16. The number of hydrogen-bond acceptors (Lipinski definition) is 5. The second kappa shape index (κ2) is 8.84. The number of hydrogen-bond donors (Lipinski definition) is 2. The summed E-state index contributed by atoms with van der Waals surface area (Å²) in [6.07, 6.45) is 0.383. The first-order valence-corrected chi connectivity index (χ1v) is 8.25. The smallest absolute Gasteiger partial charge is 0.329 e. The molecule has 2 atom stereocenters. The average Bonchev–Trinajstić information content (AvgIpc) is 3.15. The number of carbonyl (C=O) groups is 3. The predicted molar refractivity (Wildman–Crippen MR) is 94.2 cm³/mol. The molecule has 2 aromatic rings. The molecule has 0 unspecified atom stereocenters. The predicted octanol–water partition coefficient (Wildman–Crippen LogP) is 1.95. The minimum Gasteiger partial charge on any atom is -0.459 e. The van der Waals surface area contributed by atoms with Crippen molar-refractivity contribution >= 4 is 17.8 Å². The molecule has 0 fully saturated rings. The highest BCUT2D eigenvalue weighted by atomic mass is 16.5. The van der Waals surface area contributed by atoms with E-state index in [0.29, 0.717) is 6.54 Å². The Labute approximate surface area is 151 Å². The third kappa shape index (κ3) is 5.47. The van der Waals surface area contributed by atoms with Gasteiger partial charge in [-0.3, -0.25) is 9.59 Å². The summed E-state index contributed by atoms with van der Waals surface area (Å²) in [4.78, 5) is 35.9. The fraction of sp³-hybridized carbons (Fsp3) is 0.316. The van der Waals surface area contributed by atoms with Gasteiger partial charge in [-0.05, 0) is 38.5 Å². The molecule has 0 saturated carbocycles. The van der Waals surface area contributed by atoms with E-state index in [2.05, 4.69) is 10.6 Å². The van der Waals surface area contributed by atoms with Crippen molar-refractivity contribution < 1.29 is 23.5 Å². The van der Waals surface area contributed by atoms with E-state index in [0.717, 1.165) is 11.1 Å². The molecule has 0 aliphatic heterocycles. The Morgan fingerprint density at radius 2 is 1.81 bits per heavy atom. The van der Waals surface area contributed by atoms with Crippen LogP contribution in [0.15, 0.2) is 47.1 Å². The van der Waals surface area contributed by atoms with Gasteiger partial charge in [0.2, 0.25) is 0 Å². The van der Waals surface area contributed by atoms with Crippen LogP contribution in [-0.2, 0) is 20.9 Å². The maximum atomic E-state index is 12.1. The van der Waals surface area contributed by atoms with Crippen LogP contribution in [0.25, 0.3) is 0 Å². The number of rotatable bonds is 7. The average molecular weight is 358 g/mol. The van der Waals surface area contributed by atoms with E-state index in [1.807, 2.05) is 31.2 Å². The molecule has 138 valence electrons. The summed E-state index contributed by atoms with van der Waals surface area (Å²) in [6, 6.07) is 9.87. The van der Waals surface area contributed by atoms with E-state index in [-0.39, 0.29) is 5.76 Å². The molecule has 1 heterocycles. The molecule has 1 aromatic carbocycles. The van der Waals surface area contributed by atoms with E-state index in [1.54, 1.807) is 6.07 Å². The van der Waals surface area contributed by atoms with Crippen molar-refractivity contribution in [2.24, 2.45) is 0 Å². The molecule has 2 N–H and O–H groups in total. The van der Waals surface area contributed by atoms with Gasteiger partial charge in [-0.2, -0.15) is 0 Å².